The van der Waals surface area contributed by atoms with Gasteiger partial charge in [-0.05, 0) is 30.3 Å². The topological polar surface area (TPSA) is 46.2 Å². The molecule has 3 nitrogen and oxygen atoms in total. The molecule has 0 aliphatic heterocycles. The Kier molecular flexibility index (Phi) is 4.44. The molecule has 2 rings (SSSR count). The van der Waals surface area contributed by atoms with Gasteiger partial charge >= 0.3 is 0 Å². The maximum Gasteiger partial charge on any atom is 0.263 e. The molecular formula is C12H7Cl3FNO2S. The van der Waals surface area contributed by atoms with E-state index >= 15 is 0 Å². The van der Waals surface area contributed by atoms with E-state index in [0.717, 1.165) is 12.1 Å². The molecule has 0 fully saturated rings. The lowest BCUT2D eigenvalue weighted by atomic mass is 10.3. The summed E-state index contributed by atoms with van der Waals surface area (Å²) in [5, 5.41) is 0.111. The van der Waals surface area contributed by atoms with Gasteiger partial charge in [0.25, 0.3) is 10.0 Å². The van der Waals surface area contributed by atoms with E-state index in [0.29, 0.717) is 0 Å². The van der Waals surface area contributed by atoms with Gasteiger partial charge in [0.05, 0.1) is 20.8 Å². The van der Waals surface area contributed by atoms with Crippen LogP contribution < -0.4 is 4.72 Å². The maximum atomic E-state index is 13.0. The quantitative estimate of drug-likeness (QED) is 0.820. The summed E-state index contributed by atoms with van der Waals surface area (Å²) in [5.74, 6) is -0.564. The van der Waals surface area contributed by atoms with Crippen LogP contribution in [0.2, 0.25) is 15.1 Å². The Morgan fingerprint density at radius 1 is 0.950 bits per heavy atom. The van der Waals surface area contributed by atoms with Gasteiger partial charge in [0.15, 0.2) is 0 Å². The first-order valence-electron chi connectivity index (χ1n) is 5.22. The first kappa shape index (κ1) is 15.4. The van der Waals surface area contributed by atoms with Gasteiger partial charge in [-0.2, -0.15) is 0 Å². The van der Waals surface area contributed by atoms with Crippen LogP contribution in [0.3, 0.4) is 0 Å². The summed E-state index contributed by atoms with van der Waals surface area (Å²) in [5.41, 5.74) is 0.0761. The first-order valence-corrected chi connectivity index (χ1v) is 7.84. The fourth-order valence-corrected chi connectivity index (χ4v) is 3.52. The summed E-state index contributed by atoms with van der Waals surface area (Å²) in [6.07, 6.45) is 0. The lowest BCUT2D eigenvalue weighted by Crippen LogP contribution is -2.13. The molecular weight excluding hydrogens is 348 g/mol. The van der Waals surface area contributed by atoms with Crippen molar-refractivity contribution < 1.29 is 12.8 Å². The molecule has 0 unspecified atom stereocenters. The Hall–Kier alpha value is -1.01. The van der Waals surface area contributed by atoms with Gasteiger partial charge in [-0.3, -0.25) is 4.72 Å². The number of anilines is 1. The molecule has 20 heavy (non-hydrogen) atoms. The van der Waals surface area contributed by atoms with Gasteiger partial charge in [0.1, 0.15) is 10.7 Å². The molecule has 0 spiro atoms. The summed E-state index contributed by atoms with van der Waals surface area (Å²) in [6.45, 7) is 0. The number of rotatable bonds is 3. The van der Waals surface area contributed by atoms with Crippen LogP contribution in [0, 0.1) is 5.82 Å². The van der Waals surface area contributed by atoms with Crippen molar-refractivity contribution >= 4 is 50.5 Å². The van der Waals surface area contributed by atoms with E-state index in [1.807, 2.05) is 0 Å². The van der Waals surface area contributed by atoms with Crippen LogP contribution in [0.4, 0.5) is 10.1 Å². The third-order valence-electron chi connectivity index (χ3n) is 2.34. The van der Waals surface area contributed by atoms with Crippen LogP contribution in [-0.4, -0.2) is 8.42 Å². The maximum absolute atomic E-state index is 13.0. The zero-order valence-corrected chi connectivity index (χ0v) is 12.8. The van der Waals surface area contributed by atoms with Crippen LogP contribution in [-0.2, 0) is 10.0 Å². The lowest BCUT2D eigenvalue weighted by molar-refractivity contribution is 0.601. The molecule has 2 aromatic carbocycles. The van der Waals surface area contributed by atoms with E-state index in [1.54, 1.807) is 0 Å². The highest BCUT2D eigenvalue weighted by molar-refractivity contribution is 7.92. The average molecular weight is 355 g/mol. The van der Waals surface area contributed by atoms with Crippen molar-refractivity contribution in [1.29, 1.82) is 0 Å². The predicted octanol–water partition coefficient (Wildman–Crippen LogP) is 4.59. The van der Waals surface area contributed by atoms with Gasteiger partial charge in [-0.1, -0.05) is 40.9 Å². The number of benzene rings is 2. The van der Waals surface area contributed by atoms with Gasteiger partial charge in [0.2, 0.25) is 0 Å². The molecule has 0 saturated heterocycles. The summed E-state index contributed by atoms with van der Waals surface area (Å²) in [4.78, 5) is -0.238. The van der Waals surface area contributed by atoms with Crippen molar-refractivity contribution in [3.8, 4) is 0 Å². The molecule has 0 aliphatic carbocycles. The van der Waals surface area contributed by atoms with Gasteiger partial charge < -0.3 is 0 Å². The molecule has 0 saturated carbocycles. The molecule has 8 heteroatoms. The molecule has 0 aliphatic rings. The molecule has 0 atom stereocenters. The number of sulfonamides is 1. The SMILES string of the molecule is O=S(=O)(Nc1cccc(F)c1)c1cc(Cl)c(Cl)cc1Cl. The second-order valence-corrected chi connectivity index (χ2v) is 6.69. The normalized spacial score (nSPS) is 11.4. The Bertz CT molecular complexity index is 765. The Balaban J connectivity index is 2.43. The summed E-state index contributed by atoms with van der Waals surface area (Å²) < 4.78 is 39.6. The molecule has 0 heterocycles. The van der Waals surface area contributed by atoms with Crippen LogP contribution >= 0.6 is 34.8 Å². The second kappa shape index (κ2) is 5.77. The van der Waals surface area contributed by atoms with E-state index < -0.39 is 15.8 Å². The Labute approximate surface area is 130 Å². The van der Waals surface area contributed by atoms with Gasteiger partial charge in [-0.15, -0.1) is 0 Å². The average Bonchev–Trinajstić information content (AvgIpc) is 2.33. The predicted molar refractivity (Wildman–Crippen MR) is 78.7 cm³/mol. The molecule has 0 amide bonds. The monoisotopic (exact) mass is 353 g/mol. The van der Waals surface area contributed by atoms with Crippen molar-refractivity contribution in [3.63, 3.8) is 0 Å². The van der Waals surface area contributed by atoms with E-state index in [2.05, 4.69) is 4.72 Å². The van der Waals surface area contributed by atoms with E-state index in [-0.39, 0.29) is 25.7 Å². The fraction of sp³-hybridized carbons (Fsp3) is 0. The first-order chi connectivity index (χ1) is 9.29. The minimum absolute atomic E-state index is 0.0516. The molecule has 0 bridgehead atoms. The fourth-order valence-electron chi connectivity index (χ4n) is 1.47. The summed E-state index contributed by atoms with van der Waals surface area (Å²) in [7, 11) is -3.99. The molecule has 0 aromatic heterocycles. The minimum atomic E-state index is -3.99. The van der Waals surface area contributed by atoms with Crippen molar-refractivity contribution in [2.45, 2.75) is 4.90 Å². The molecule has 2 aromatic rings. The zero-order chi connectivity index (χ0) is 14.9. The lowest BCUT2D eigenvalue weighted by Gasteiger charge is -2.10. The van der Waals surface area contributed by atoms with Crippen LogP contribution in [0.1, 0.15) is 0 Å². The van der Waals surface area contributed by atoms with Crippen molar-refractivity contribution in [2.24, 2.45) is 0 Å². The molecule has 106 valence electrons. The second-order valence-electron chi connectivity index (χ2n) is 3.81. The van der Waals surface area contributed by atoms with E-state index in [1.165, 1.54) is 24.3 Å². The van der Waals surface area contributed by atoms with Crippen LogP contribution in [0.25, 0.3) is 0 Å². The number of nitrogens with one attached hydrogen (secondary N) is 1. The van der Waals surface area contributed by atoms with E-state index in [9.17, 15) is 12.8 Å². The Morgan fingerprint density at radius 3 is 2.25 bits per heavy atom. The number of hydrogen-bond acceptors (Lipinski definition) is 2. The summed E-state index contributed by atoms with van der Waals surface area (Å²) >= 11 is 17.4. The van der Waals surface area contributed by atoms with Gasteiger partial charge in [-0.25, -0.2) is 12.8 Å². The van der Waals surface area contributed by atoms with Crippen LogP contribution in [0.5, 0.6) is 0 Å². The van der Waals surface area contributed by atoms with Gasteiger partial charge in [0, 0.05) is 0 Å². The molecule has 1 N–H and O–H groups in total. The van der Waals surface area contributed by atoms with Crippen LogP contribution in [0.15, 0.2) is 41.3 Å². The third kappa shape index (κ3) is 3.35. The Morgan fingerprint density at radius 2 is 1.60 bits per heavy atom. The smallest absolute Gasteiger partial charge is 0.263 e. The largest absolute Gasteiger partial charge is 0.279 e. The number of halogens is 4. The highest BCUT2D eigenvalue weighted by atomic mass is 35.5. The summed E-state index contributed by atoms with van der Waals surface area (Å²) in [6, 6.07) is 7.39. The highest BCUT2D eigenvalue weighted by Crippen LogP contribution is 2.32. The molecule has 0 radical (unpaired) electrons. The number of hydrogen-bond donors (Lipinski definition) is 1. The highest BCUT2D eigenvalue weighted by Gasteiger charge is 2.20. The van der Waals surface area contributed by atoms with E-state index in [4.69, 9.17) is 34.8 Å². The van der Waals surface area contributed by atoms with Crippen molar-refractivity contribution in [1.82, 2.24) is 0 Å². The van der Waals surface area contributed by atoms with Crippen molar-refractivity contribution in [3.05, 3.63) is 57.3 Å². The standard InChI is InChI=1S/C12H7Cl3FNO2S/c13-9-5-11(15)12(6-10(9)14)20(18,19)17-8-3-1-2-7(16)4-8/h1-6,17H. The minimum Gasteiger partial charge on any atom is -0.279 e. The zero-order valence-electron chi connectivity index (χ0n) is 9.70. The van der Waals surface area contributed by atoms with Crippen molar-refractivity contribution in [2.75, 3.05) is 4.72 Å². The third-order valence-corrected chi connectivity index (χ3v) is 4.91.